The third-order valence-corrected chi connectivity index (χ3v) is 2.58. The summed E-state index contributed by atoms with van der Waals surface area (Å²) in [6, 6.07) is 0. The molecule has 0 amide bonds. The number of carbonyl (C=O) groups excluding carboxylic acids is 2. The molecule has 0 aliphatic heterocycles. The van der Waals surface area contributed by atoms with Crippen molar-refractivity contribution in [3.8, 4) is 0 Å². The van der Waals surface area contributed by atoms with Gasteiger partial charge >= 0.3 is 11.9 Å². The highest BCUT2D eigenvalue weighted by Crippen LogP contribution is 2.10. The van der Waals surface area contributed by atoms with Gasteiger partial charge in [0.1, 0.15) is 4.83 Å². The number of ether oxygens (including phenoxy) is 1. The Morgan fingerprint density at radius 1 is 1.29 bits per heavy atom. The smallest absolute Gasteiger partial charge is 0.327 e. The summed E-state index contributed by atoms with van der Waals surface area (Å²) in [6.45, 7) is 3.96. The first-order chi connectivity index (χ1) is 6.61. The molecule has 0 rings (SSSR count). The van der Waals surface area contributed by atoms with Crippen molar-refractivity contribution < 1.29 is 14.3 Å². The molecule has 0 aromatic heterocycles. The van der Waals surface area contributed by atoms with E-state index < -0.39 is 11.9 Å². The second-order valence-corrected chi connectivity index (χ2v) is 4.26. The summed E-state index contributed by atoms with van der Waals surface area (Å²) in [6.07, 6.45) is 3.60. The molecule has 0 heterocycles. The van der Waals surface area contributed by atoms with Crippen LogP contribution in [0.5, 0.6) is 0 Å². The predicted octanol–water partition coefficient (Wildman–Crippen LogP) is 2.81. The van der Waals surface area contributed by atoms with E-state index in [0.29, 0.717) is 12.8 Å². The second-order valence-electron chi connectivity index (χ2n) is 3.15. The number of halogens is 1. The molecule has 0 aromatic carbocycles. The van der Waals surface area contributed by atoms with E-state index in [9.17, 15) is 9.59 Å². The second kappa shape index (κ2) is 7.97. The van der Waals surface area contributed by atoms with E-state index in [0.717, 1.165) is 19.3 Å². The van der Waals surface area contributed by atoms with Crippen LogP contribution in [0, 0.1) is 0 Å². The van der Waals surface area contributed by atoms with Crippen LogP contribution in [-0.4, -0.2) is 16.8 Å². The summed E-state index contributed by atoms with van der Waals surface area (Å²) < 4.78 is 4.64. The molecular weight excluding hydrogens is 248 g/mol. The molecule has 1 atom stereocenters. The van der Waals surface area contributed by atoms with Gasteiger partial charge in [-0.15, -0.1) is 0 Å². The third-order valence-electron chi connectivity index (χ3n) is 1.75. The first kappa shape index (κ1) is 13.6. The van der Waals surface area contributed by atoms with Crippen molar-refractivity contribution in [2.45, 2.75) is 50.8 Å². The van der Waals surface area contributed by atoms with Crippen LogP contribution >= 0.6 is 15.9 Å². The molecule has 0 aliphatic rings. The maximum atomic E-state index is 11.2. The van der Waals surface area contributed by atoms with Crippen LogP contribution in [-0.2, 0) is 14.3 Å². The molecule has 0 N–H and O–H groups in total. The molecular formula is C10H17BrO3. The largest absolute Gasteiger partial charge is 0.392 e. The first-order valence-corrected chi connectivity index (χ1v) is 5.92. The fourth-order valence-corrected chi connectivity index (χ4v) is 1.47. The van der Waals surface area contributed by atoms with Crippen molar-refractivity contribution in [3.63, 3.8) is 0 Å². The van der Waals surface area contributed by atoms with Gasteiger partial charge in [0.15, 0.2) is 0 Å². The van der Waals surface area contributed by atoms with E-state index in [1.165, 1.54) is 0 Å². The monoisotopic (exact) mass is 264 g/mol. The first-order valence-electron chi connectivity index (χ1n) is 5.00. The standard InChI is InChI=1S/C10H17BrO3/c1-3-5-7-9(12)14-10(13)8(11)6-4-2/h8H,3-7H2,1-2H3. The van der Waals surface area contributed by atoms with E-state index in [1.807, 2.05) is 13.8 Å². The lowest BCUT2D eigenvalue weighted by molar-refractivity contribution is -0.159. The Morgan fingerprint density at radius 3 is 2.43 bits per heavy atom. The van der Waals surface area contributed by atoms with Crippen LogP contribution in [0.1, 0.15) is 46.0 Å². The number of carbonyl (C=O) groups is 2. The molecule has 0 bridgehead atoms. The van der Waals surface area contributed by atoms with Crippen molar-refractivity contribution in [3.05, 3.63) is 0 Å². The number of hydrogen-bond acceptors (Lipinski definition) is 3. The summed E-state index contributed by atoms with van der Waals surface area (Å²) >= 11 is 3.17. The lowest BCUT2D eigenvalue weighted by atomic mass is 10.2. The Morgan fingerprint density at radius 2 is 1.93 bits per heavy atom. The molecule has 1 unspecified atom stereocenters. The zero-order chi connectivity index (χ0) is 11.0. The van der Waals surface area contributed by atoms with E-state index in [4.69, 9.17) is 0 Å². The maximum absolute atomic E-state index is 11.2. The van der Waals surface area contributed by atoms with Crippen molar-refractivity contribution in [2.75, 3.05) is 0 Å². The lowest BCUT2D eigenvalue weighted by Crippen LogP contribution is -2.21. The Hall–Kier alpha value is -0.380. The average molecular weight is 265 g/mol. The predicted molar refractivity (Wildman–Crippen MR) is 58.2 cm³/mol. The van der Waals surface area contributed by atoms with Crippen LogP contribution in [0.4, 0.5) is 0 Å². The Balaban J connectivity index is 3.75. The van der Waals surface area contributed by atoms with Gasteiger partial charge in [-0.05, 0) is 12.8 Å². The van der Waals surface area contributed by atoms with Gasteiger partial charge in [-0.25, -0.2) is 0 Å². The van der Waals surface area contributed by atoms with Gasteiger partial charge in [0.05, 0.1) is 0 Å². The van der Waals surface area contributed by atoms with Crippen molar-refractivity contribution >= 4 is 27.9 Å². The zero-order valence-electron chi connectivity index (χ0n) is 8.72. The average Bonchev–Trinajstić information content (AvgIpc) is 2.15. The Kier molecular flexibility index (Phi) is 7.76. The number of esters is 2. The van der Waals surface area contributed by atoms with Crippen molar-refractivity contribution in [1.29, 1.82) is 0 Å². The van der Waals surface area contributed by atoms with Crippen LogP contribution in [0.3, 0.4) is 0 Å². The molecule has 0 fully saturated rings. The summed E-state index contributed by atoms with van der Waals surface area (Å²) in [7, 11) is 0. The molecule has 4 heteroatoms. The fraction of sp³-hybridized carbons (Fsp3) is 0.800. The highest BCUT2D eigenvalue weighted by Gasteiger charge is 2.18. The topological polar surface area (TPSA) is 43.4 Å². The van der Waals surface area contributed by atoms with Crippen LogP contribution < -0.4 is 0 Å². The summed E-state index contributed by atoms with van der Waals surface area (Å²) in [5.41, 5.74) is 0. The number of alkyl halides is 1. The molecule has 3 nitrogen and oxygen atoms in total. The molecule has 0 radical (unpaired) electrons. The number of hydrogen-bond donors (Lipinski definition) is 0. The van der Waals surface area contributed by atoms with E-state index in [1.54, 1.807) is 0 Å². The molecule has 0 aromatic rings. The molecule has 0 saturated heterocycles. The number of rotatable bonds is 6. The summed E-state index contributed by atoms with van der Waals surface area (Å²) in [5, 5.41) is 0. The van der Waals surface area contributed by atoms with Crippen LogP contribution in [0.25, 0.3) is 0 Å². The molecule has 0 spiro atoms. The van der Waals surface area contributed by atoms with Gasteiger partial charge in [-0.3, -0.25) is 9.59 Å². The van der Waals surface area contributed by atoms with Gasteiger partial charge in [-0.1, -0.05) is 42.6 Å². The van der Waals surface area contributed by atoms with Gasteiger partial charge in [-0.2, -0.15) is 0 Å². The van der Waals surface area contributed by atoms with Crippen molar-refractivity contribution in [1.82, 2.24) is 0 Å². The van der Waals surface area contributed by atoms with E-state index in [2.05, 4.69) is 20.7 Å². The minimum absolute atomic E-state index is 0.327. The minimum atomic E-state index is -0.465. The highest BCUT2D eigenvalue weighted by molar-refractivity contribution is 9.10. The molecule has 0 aliphatic carbocycles. The van der Waals surface area contributed by atoms with Gasteiger partial charge < -0.3 is 4.74 Å². The van der Waals surface area contributed by atoms with Crippen LogP contribution in [0.15, 0.2) is 0 Å². The van der Waals surface area contributed by atoms with E-state index in [-0.39, 0.29) is 4.83 Å². The zero-order valence-corrected chi connectivity index (χ0v) is 10.3. The molecule has 14 heavy (non-hydrogen) atoms. The SMILES string of the molecule is CCCCC(=O)OC(=O)C(Br)CCC. The number of unbranched alkanes of at least 4 members (excludes halogenated alkanes) is 1. The van der Waals surface area contributed by atoms with Crippen LogP contribution in [0.2, 0.25) is 0 Å². The quantitative estimate of drug-likeness (QED) is 0.421. The van der Waals surface area contributed by atoms with Gasteiger partial charge in [0.25, 0.3) is 0 Å². The van der Waals surface area contributed by atoms with Crippen molar-refractivity contribution in [2.24, 2.45) is 0 Å². The molecule has 0 saturated carbocycles. The fourth-order valence-electron chi connectivity index (χ4n) is 0.920. The third kappa shape index (κ3) is 6.13. The Bertz CT molecular complexity index is 192. The Labute approximate surface area is 93.3 Å². The summed E-state index contributed by atoms with van der Waals surface area (Å²) in [4.78, 5) is 21.9. The summed E-state index contributed by atoms with van der Waals surface area (Å²) in [5.74, 6) is -0.884. The normalized spacial score (nSPS) is 12.2. The lowest BCUT2D eigenvalue weighted by Gasteiger charge is -2.06. The minimum Gasteiger partial charge on any atom is -0.392 e. The van der Waals surface area contributed by atoms with Gasteiger partial charge in [0.2, 0.25) is 0 Å². The van der Waals surface area contributed by atoms with E-state index >= 15 is 0 Å². The highest BCUT2D eigenvalue weighted by atomic mass is 79.9. The van der Waals surface area contributed by atoms with Gasteiger partial charge in [0, 0.05) is 6.42 Å². The maximum Gasteiger partial charge on any atom is 0.327 e. The molecule has 82 valence electrons.